The van der Waals surface area contributed by atoms with E-state index in [4.69, 9.17) is 0 Å². The normalized spacial score (nSPS) is 10.1. The van der Waals surface area contributed by atoms with Crippen LogP contribution in [0.3, 0.4) is 0 Å². The maximum atomic E-state index is 11.6. The Kier molecular flexibility index (Phi) is 5.96. The Morgan fingerprint density at radius 3 is 2.86 bits per heavy atom. The topological polar surface area (TPSA) is 91.0 Å². The lowest BCUT2D eigenvalue weighted by molar-refractivity contribution is 0.252. The predicted molar refractivity (Wildman–Crippen MR) is 90.8 cm³/mol. The van der Waals surface area contributed by atoms with Crippen LogP contribution in [0.15, 0.2) is 23.6 Å². The van der Waals surface area contributed by atoms with Crippen molar-refractivity contribution in [2.45, 2.75) is 13.8 Å². The molecule has 0 radical (unpaired) electrons. The lowest BCUT2D eigenvalue weighted by Crippen LogP contribution is -2.32. The molecule has 0 unspecified atom stereocenters. The Morgan fingerprint density at radius 2 is 2.14 bits per heavy atom. The zero-order valence-corrected chi connectivity index (χ0v) is 13.5. The standard InChI is InChI=1S/C14H20N6OS/c1-3-15-11-9-10(2)18-13(19-11)16-6-7-17-14(21)20-12-5-4-8-22-12/h4-5,8-9H,3,6-7H2,1-2H3,(H2,17,20,21)(H2,15,16,18,19). The van der Waals surface area contributed by atoms with Crippen LogP contribution in [0.5, 0.6) is 0 Å². The average Bonchev–Trinajstić information content (AvgIpc) is 2.96. The first-order chi connectivity index (χ1) is 10.7. The van der Waals surface area contributed by atoms with Gasteiger partial charge < -0.3 is 16.0 Å². The third-order valence-electron chi connectivity index (χ3n) is 2.66. The van der Waals surface area contributed by atoms with Crippen molar-refractivity contribution in [1.29, 1.82) is 0 Å². The minimum atomic E-state index is -0.220. The van der Waals surface area contributed by atoms with E-state index in [-0.39, 0.29) is 6.03 Å². The molecule has 2 rings (SSSR count). The van der Waals surface area contributed by atoms with E-state index in [1.165, 1.54) is 11.3 Å². The van der Waals surface area contributed by atoms with Gasteiger partial charge in [-0.3, -0.25) is 5.32 Å². The van der Waals surface area contributed by atoms with Crippen LogP contribution in [-0.4, -0.2) is 35.6 Å². The summed E-state index contributed by atoms with van der Waals surface area (Å²) in [7, 11) is 0. The molecule has 0 aliphatic rings. The second-order valence-corrected chi connectivity index (χ2v) is 5.48. The van der Waals surface area contributed by atoms with Gasteiger partial charge in [0.15, 0.2) is 0 Å². The second-order valence-electron chi connectivity index (χ2n) is 4.53. The quantitative estimate of drug-likeness (QED) is 0.589. The molecule has 22 heavy (non-hydrogen) atoms. The summed E-state index contributed by atoms with van der Waals surface area (Å²) in [6.45, 7) is 5.76. The highest BCUT2D eigenvalue weighted by Gasteiger charge is 2.03. The van der Waals surface area contributed by atoms with Gasteiger partial charge in [0.2, 0.25) is 5.95 Å². The zero-order valence-electron chi connectivity index (χ0n) is 12.6. The molecule has 0 atom stereocenters. The van der Waals surface area contributed by atoms with E-state index in [9.17, 15) is 4.79 Å². The van der Waals surface area contributed by atoms with Gasteiger partial charge in [0.25, 0.3) is 0 Å². The van der Waals surface area contributed by atoms with Crippen molar-refractivity contribution in [3.63, 3.8) is 0 Å². The molecular formula is C14H20N6OS. The largest absolute Gasteiger partial charge is 0.370 e. The molecular weight excluding hydrogens is 300 g/mol. The van der Waals surface area contributed by atoms with E-state index < -0.39 is 0 Å². The lowest BCUT2D eigenvalue weighted by atomic mass is 10.4. The molecule has 4 N–H and O–H groups in total. The molecule has 118 valence electrons. The summed E-state index contributed by atoms with van der Waals surface area (Å²) >= 11 is 1.48. The van der Waals surface area contributed by atoms with Crippen LogP contribution >= 0.6 is 11.3 Å². The number of carbonyl (C=O) groups is 1. The number of nitrogens with zero attached hydrogens (tertiary/aromatic N) is 2. The summed E-state index contributed by atoms with van der Waals surface area (Å²) in [5.41, 5.74) is 0.886. The average molecular weight is 320 g/mol. The molecule has 0 aliphatic carbocycles. The summed E-state index contributed by atoms with van der Waals surface area (Å²) in [5.74, 6) is 1.34. The third-order valence-corrected chi connectivity index (χ3v) is 3.45. The van der Waals surface area contributed by atoms with Crippen molar-refractivity contribution in [3.05, 3.63) is 29.3 Å². The van der Waals surface area contributed by atoms with Gasteiger partial charge >= 0.3 is 6.03 Å². The van der Waals surface area contributed by atoms with Gasteiger partial charge in [0.1, 0.15) is 5.82 Å². The highest BCUT2D eigenvalue weighted by Crippen LogP contribution is 2.14. The highest BCUT2D eigenvalue weighted by atomic mass is 32.1. The molecule has 0 spiro atoms. The predicted octanol–water partition coefficient (Wildman–Crippen LogP) is 2.51. The van der Waals surface area contributed by atoms with Crippen LogP contribution < -0.4 is 21.3 Å². The van der Waals surface area contributed by atoms with E-state index in [2.05, 4.69) is 31.2 Å². The number of hydrogen-bond acceptors (Lipinski definition) is 6. The van der Waals surface area contributed by atoms with Gasteiger partial charge in [-0.05, 0) is 31.4 Å². The number of carbonyl (C=O) groups excluding carboxylic acids is 1. The fourth-order valence-electron chi connectivity index (χ4n) is 1.78. The number of aromatic nitrogens is 2. The number of rotatable bonds is 7. The van der Waals surface area contributed by atoms with Gasteiger partial charge in [-0.2, -0.15) is 4.98 Å². The van der Waals surface area contributed by atoms with Crippen molar-refractivity contribution in [2.75, 3.05) is 35.6 Å². The molecule has 0 fully saturated rings. The number of aryl methyl sites for hydroxylation is 1. The van der Waals surface area contributed by atoms with Gasteiger partial charge in [0, 0.05) is 31.4 Å². The number of thiophene rings is 1. The monoisotopic (exact) mass is 320 g/mol. The molecule has 8 heteroatoms. The van der Waals surface area contributed by atoms with E-state index in [1.807, 2.05) is 37.4 Å². The first-order valence-electron chi connectivity index (χ1n) is 7.09. The summed E-state index contributed by atoms with van der Waals surface area (Å²) in [6, 6.07) is 5.41. The SMILES string of the molecule is CCNc1cc(C)nc(NCCNC(=O)Nc2cccs2)n1. The molecule has 0 aromatic carbocycles. The Morgan fingerprint density at radius 1 is 1.27 bits per heavy atom. The maximum Gasteiger partial charge on any atom is 0.319 e. The van der Waals surface area contributed by atoms with Crippen molar-refractivity contribution >= 4 is 34.1 Å². The first kappa shape index (κ1) is 16.0. The van der Waals surface area contributed by atoms with E-state index in [0.717, 1.165) is 23.1 Å². The smallest absolute Gasteiger partial charge is 0.319 e. The highest BCUT2D eigenvalue weighted by molar-refractivity contribution is 7.14. The van der Waals surface area contributed by atoms with Crippen LogP contribution in [0.1, 0.15) is 12.6 Å². The molecule has 2 heterocycles. The van der Waals surface area contributed by atoms with Gasteiger partial charge in [-0.1, -0.05) is 0 Å². The van der Waals surface area contributed by atoms with E-state index in [1.54, 1.807) is 0 Å². The molecule has 2 aromatic rings. The van der Waals surface area contributed by atoms with Gasteiger partial charge in [-0.25, -0.2) is 9.78 Å². The third kappa shape index (κ3) is 5.21. The van der Waals surface area contributed by atoms with E-state index in [0.29, 0.717) is 19.0 Å². The molecule has 0 saturated carbocycles. The first-order valence-corrected chi connectivity index (χ1v) is 7.97. The van der Waals surface area contributed by atoms with Crippen LogP contribution in [0.2, 0.25) is 0 Å². The summed E-state index contributed by atoms with van der Waals surface area (Å²) in [6.07, 6.45) is 0. The van der Waals surface area contributed by atoms with Crippen molar-refractivity contribution in [2.24, 2.45) is 0 Å². The van der Waals surface area contributed by atoms with E-state index >= 15 is 0 Å². The van der Waals surface area contributed by atoms with Crippen molar-refractivity contribution in [1.82, 2.24) is 15.3 Å². The second kappa shape index (κ2) is 8.18. The Hall–Kier alpha value is -2.35. The number of hydrogen-bond donors (Lipinski definition) is 4. The molecule has 0 aliphatic heterocycles. The van der Waals surface area contributed by atoms with Gasteiger partial charge in [-0.15, -0.1) is 11.3 Å². The maximum absolute atomic E-state index is 11.6. The Balaban J connectivity index is 1.73. The Bertz CT molecular complexity index is 601. The van der Waals surface area contributed by atoms with Crippen LogP contribution in [-0.2, 0) is 0 Å². The van der Waals surface area contributed by atoms with Crippen LogP contribution in [0.4, 0.5) is 21.6 Å². The molecule has 2 aromatic heterocycles. The minimum absolute atomic E-state index is 0.220. The Labute approximate surface area is 133 Å². The fraction of sp³-hybridized carbons (Fsp3) is 0.357. The molecule has 0 bridgehead atoms. The zero-order chi connectivity index (χ0) is 15.8. The number of anilines is 3. The number of nitrogens with one attached hydrogen (secondary N) is 4. The number of urea groups is 1. The summed E-state index contributed by atoms with van der Waals surface area (Å²) in [5, 5.41) is 14.5. The molecule has 2 amide bonds. The van der Waals surface area contributed by atoms with Crippen molar-refractivity contribution in [3.8, 4) is 0 Å². The van der Waals surface area contributed by atoms with Crippen molar-refractivity contribution < 1.29 is 4.79 Å². The summed E-state index contributed by atoms with van der Waals surface area (Å²) < 4.78 is 0. The molecule has 7 nitrogen and oxygen atoms in total. The fourth-order valence-corrected chi connectivity index (χ4v) is 2.39. The number of amides is 2. The summed E-state index contributed by atoms with van der Waals surface area (Å²) in [4.78, 5) is 20.3. The van der Waals surface area contributed by atoms with Crippen LogP contribution in [0.25, 0.3) is 0 Å². The molecule has 0 saturated heterocycles. The van der Waals surface area contributed by atoms with Crippen LogP contribution in [0, 0.1) is 6.92 Å². The minimum Gasteiger partial charge on any atom is -0.370 e. The lowest BCUT2D eigenvalue weighted by Gasteiger charge is -2.09. The van der Waals surface area contributed by atoms with Gasteiger partial charge in [0.05, 0.1) is 5.00 Å².